The Morgan fingerprint density at radius 3 is 1.96 bits per heavy atom. The summed E-state index contributed by atoms with van der Waals surface area (Å²) in [6.07, 6.45) is 4.53. The summed E-state index contributed by atoms with van der Waals surface area (Å²) >= 11 is 0. The molecule has 1 aliphatic rings. The van der Waals surface area contributed by atoms with Gasteiger partial charge in [0.1, 0.15) is 0 Å². The maximum atomic E-state index is 10.4. The van der Waals surface area contributed by atoms with E-state index in [1.807, 2.05) is 36.4 Å². The molecular formula is C22H26O3. The smallest absolute Gasteiger partial charge is 0.0717 e. The molecule has 0 unspecified atom stereocenters. The molecule has 0 amide bonds. The number of aliphatic hydroxyl groups excluding tert-OH is 1. The second-order valence-corrected chi connectivity index (χ2v) is 6.56. The zero-order chi connectivity index (χ0) is 17.3. The Morgan fingerprint density at radius 1 is 0.800 bits per heavy atom. The highest BCUT2D eigenvalue weighted by Crippen LogP contribution is 2.26. The van der Waals surface area contributed by atoms with E-state index in [2.05, 4.69) is 36.4 Å². The van der Waals surface area contributed by atoms with Crippen molar-refractivity contribution in [1.82, 2.24) is 0 Å². The first-order valence-electron chi connectivity index (χ1n) is 8.91. The SMILES string of the molecule is O[C@H]1CC=C[C@@H](COCc2ccccc2)[C@H]1COCc1ccccc1. The van der Waals surface area contributed by atoms with Crippen LogP contribution in [0.1, 0.15) is 17.5 Å². The summed E-state index contributed by atoms with van der Waals surface area (Å²) < 4.78 is 11.8. The summed E-state index contributed by atoms with van der Waals surface area (Å²) in [6.45, 7) is 2.31. The van der Waals surface area contributed by atoms with Gasteiger partial charge in [0.05, 0.1) is 32.5 Å². The van der Waals surface area contributed by atoms with Gasteiger partial charge in [-0.3, -0.25) is 0 Å². The number of benzene rings is 2. The van der Waals surface area contributed by atoms with Crippen molar-refractivity contribution < 1.29 is 14.6 Å². The highest BCUT2D eigenvalue weighted by molar-refractivity contribution is 5.14. The van der Waals surface area contributed by atoms with Crippen LogP contribution in [-0.2, 0) is 22.7 Å². The van der Waals surface area contributed by atoms with E-state index in [4.69, 9.17) is 9.47 Å². The lowest BCUT2D eigenvalue weighted by molar-refractivity contribution is -0.0237. The van der Waals surface area contributed by atoms with Gasteiger partial charge in [-0.15, -0.1) is 0 Å². The minimum absolute atomic E-state index is 0.0736. The van der Waals surface area contributed by atoms with E-state index in [-0.39, 0.29) is 17.9 Å². The second kappa shape index (κ2) is 9.52. The van der Waals surface area contributed by atoms with Crippen molar-refractivity contribution in [3.8, 4) is 0 Å². The van der Waals surface area contributed by atoms with Crippen LogP contribution in [0, 0.1) is 11.8 Å². The average Bonchev–Trinajstić information content (AvgIpc) is 2.65. The maximum absolute atomic E-state index is 10.4. The van der Waals surface area contributed by atoms with Crippen molar-refractivity contribution in [3.05, 3.63) is 83.9 Å². The maximum Gasteiger partial charge on any atom is 0.0717 e. The summed E-state index contributed by atoms with van der Waals surface area (Å²) in [4.78, 5) is 0. The molecule has 0 spiro atoms. The van der Waals surface area contributed by atoms with Gasteiger partial charge in [-0.2, -0.15) is 0 Å². The van der Waals surface area contributed by atoms with Gasteiger partial charge >= 0.3 is 0 Å². The Labute approximate surface area is 149 Å². The van der Waals surface area contributed by atoms with Crippen molar-refractivity contribution in [3.63, 3.8) is 0 Å². The first-order chi connectivity index (χ1) is 12.3. The predicted molar refractivity (Wildman–Crippen MR) is 98.9 cm³/mol. The van der Waals surface area contributed by atoms with Crippen molar-refractivity contribution in [2.45, 2.75) is 25.7 Å². The average molecular weight is 338 g/mol. The van der Waals surface area contributed by atoms with Gasteiger partial charge in [-0.05, 0) is 17.5 Å². The predicted octanol–water partition coefficient (Wildman–Crippen LogP) is 3.97. The number of hydrogen-bond acceptors (Lipinski definition) is 3. The van der Waals surface area contributed by atoms with E-state index >= 15 is 0 Å². The number of ether oxygens (including phenoxy) is 2. The van der Waals surface area contributed by atoms with Gasteiger partial charge in [-0.25, -0.2) is 0 Å². The minimum atomic E-state index is -0.369. The molecule has 1 aliphatic carbocycles. The molecule has 0 saturated carbocycles. The van der Waals surface area contributed by atoms with Crippen molar-refractivity contribution in [1.29, 1.82) is 0 Å². The lowest BCUT2D eigenvalue weighted by Crippen LogP contribution is -2.35. The molecule has 132 valence electrons. The summed E-state index contributed by atoms with van der Waals surface area (Å²) in [5.74, 6) is 0.257. The number of aliphatic hydroxyl groups is 1. The molecule has 0 fully saturated rings. The monoisotopic (exact) mass is 338 g/mol. The van der Waals surface area contributed by atoms with Gasteiger partial charge in [-0.1, -0.05) is 72.8 Å². The first kappa shape index (κ1) is 17.9. The minimum Gasteiger partial charge on any atom is -0.392 e. The summed E-state index contributed by atoms with van der Waals surface area (Å²) in [5.41, 5.74) is 2.32. The fourth-order valence-electron chi connectivity index (χ4n) is 3.18. The van der Waals surface area contributed by atoms with Crippen LogP contribution in [0.2, 0.25) is 0 Å². The van der Waals surface area contributed by atoms with Crippen LogP contribution >= 0.6 is 0 Å². The highest BCUT2D eigenvalue weighted by Gasteiger charge is 2.29. The molecule has 3 rings (SSSR count). The van der Waals surface area contributed by atoms with Crippen molar-refractivity contribution >= 4 is 0 Å². The standard InChI is InChI=1S/C22H26O3/c23-22-13-7-12-20(16-24-14-18-8-3-1-4-9-18)21(22)17-25-15-19-10-5-2-6-11-19/h1-12,20-23H,13-17H2/t20-,21+,22-/m0/s1. The molecule has 2 aromatic rings. The second-order valence-electron chi connectivity index (χ2n) is 6.56. The Morgan fingerprint density at radius 2 is 1.36 bits per heavy atom. The van der Waals surface area contributed by atoms with Gasteiger partial charge in [0.15, 0.2) is 0 Å². The largest absolute Gasteiger partial charge is 0.392 e. The molecule has 25 heavy (non-hydrogen) atoms. The van der Waals surface area contributed by atoms with Crippen LogP contribution in [0.4, 0.5) is 0 Å². The topological polar surface area (TPSA) is 38.7 Å². The molecule has 0 bridgehead atoms. The Hall–Kier alpha value is -1.94. The van der Waals surface area contributed by atoms with Gasteiger partial charge in [0.2, 0.25) is 0 Å². The van der Waals surface area contributed by atoms with E-state index in [1.165, 1.54) is 5.56 Å². The Balaban J connectivity index is 1.48. The molecule has 3 heteroatoms. The van der Waals surface area contributed by atoms with Gasteiger partial charge < -0.3 is 14.6 Å². The third-order valence-corrected chi connectivity index (χ3v) is 4.65. The lowest BCUT2D eigenvalue weighted by Gasteiger charge is -2.31. The molecule has 0 saturated heterocycles. The normalized spacial score (nSPS) is 22.8. The molecule has 0 radical (unpaired) electrons. The molecule has 0 aliphatic heterocycles. The molecule has 0 aromatic heterocycles. The molecule has 1 N–H and O–H groups in total. The van der Waals surface area contributed by atoms with E-state index in [0.29, 0.717) is 32.8 Å². The van der Waals surface area contributed by atoms with Crippen molar-refractivity contribution in [2.24, 2.45) is 11.8 Å². The van der Waals surface area contributed by atoms with Crippen LogP contribution < -0.4 is 0 Å². The van der Waals surface area contributed by atoms with E-state index in [1.54, 1.807) is 0 Å². The third-order valence-electron chi connectivity index (χ3n) is 4.65. The number of hydrogen-bond donors (Lipinski definition) is 1. The van der Waals surface area contributed by atoms with Gasteiger partial charge in [0.25, 0.3) is 0 Å². The van der Waals surface area contributed by atoms with Crippen LogP contribution in [0.5, 0.6) is 0 Å². The molecule has 2 aromatic carbocycles. The van der Waals surface area contributed by atoms with Crippen LogP contribution in [0.3, 0.4) is 0 Å². The summed E-state index contributed by atoms with van der Waals surface area (Å²) in [6, 6.07) is 20.3. The van der Waals surface area contributed by atoms with Gasteiger partial charge in [0, 0.05) is 11.8 Å². The third kappa shape index (κ3) is 5.53. The van der Waals surface area contributed by atoms with Crippen molar-refractivity contribution in [2.75, 3.05) is 13.2 Å². The quantitative estimate of drug-likeness (QED) is 0.740. The Bertz CT molecular complexity index is 639. The lowest BCUT2D eigenvalue weighted by atomic mass is 9.82. The fourth-order valence-corrected chi connectivity index (χ4v) is 3.18. The zero-order valence-corrected chi connectivity index (χ0v) is 14.5. The van der Waals surface area contributed by atoms with E-state index in [0.717, 1.165) is 5.56 Å². The summed E-state index contributed by atoms with van der Waals surface area (Å²) in [7, 11) is 0. The molecule has 3 nitrogen and oxygen atoms in total. The Kier molecular flexibility index (Phi) is 6.80. The molecule has 0 heterocycles. The fraction of sp³-hybridized carbons (Fsp3) is 0.364. The molecular weight excluding hydrogens is 312 g/mol. The van der Waals surface area contributed by atoms with Crippen LogP contribution in [-0.4, -0.2) is 24.4 Å². The molecule has 3 atom stereocenters. The first-order valence-corrected chi connectivity index (χ1v) is 8.91. The van der Waals surface area contributed by atoms with Crippen LogP contribution in [0.15, 0.2) is 72.8 Å². The zero-order valence-electron chi connectivity index (χ0n) is 14.5. The van der Waals surface area contributed by atoms with Crippen LogP contribution in [0.25, 0.3) is 0 Å². The van der Waals surface area contributed by atoms with E-state index < -0.39 is 0 Å². The van der Waals surface area contributed by atoms with E-state index in [9.17, 15) is 5.11 Å². The highest BCUT2D eigenvalue weighted by atomic mass is 16.5. The number of rotatable bonds is 8. The summed E-state index contributed by atoms with van der Waals surface area (Å²) in [5, 5.41) is 10.4.